The quantitative estimate of drug-likeness (QED) is 0.733. The van der Waals surface area contributed by atoms with Crippen LogP contribution in [0.3, 0.4) is 0 Å². The first-order valence-corrected chi connectivity index (χ1v) is 6.10. The normalized spacial score (nSPS) is 17.4. The molecular formula is C9H5BrO3S. The Kier molecular flexibility index (Phi) is 2.08. The lowest BCUT2D eigenvalue weighted by Gasteiger charge is -1.99. The van der Waals surface area contributed by atoms with E-state index in [1.807, 2.05) is 0 Å². The Labute approximate surface area is 89.5 Å². The fourth-order valence-electron chi connectivity index (χ4n) is 1.36. The van der Waals surface area contributed by atoms with Crippen molar-refractivity contribution in [1.82, 2.24) is 0 Å². The molecule has 2 rings (SSSR count). The fourth-order valence-corrected chi connectivity index (χ4v) is 3.30. The Bertz CT molecular complexity index is 543. The molecule has 14 heavy (non-hydrogen) atoms. The third-order valence-electron chi connectivity index (χ3n) is 1.97. The van der Waals surface area contributed by atoms with Crippen LogP contribution in [0, 0.1) is 0 Å². The van der Waals surface area contributed by atoms with Crippen molar-refractivity contribution in [3.63, 3.8) is 0 Å². The molecule has 0 amide bonds. The first-order valence-electron chi connectivity index (χ1n) is 3.76. The minimum absolute atomic E-state index is 0.189. The molecule has 0 bridgehead atoms. The summed E-state index contributed by atoms with van der Waals surface area (Å²) in [7, 11) is -3.41. The fraction of sp³-hybridized carbons (Fsp3) is 0. The van der Waals surface area contributed by atoms with E-state index in [0.29, 0.717) is 16.3 Å². The highest BCUT2D eigenvalue weighted by molar-refractivity contribution is 9.10. The van der Waals surface area contributed by atoms with E-state index in [-0.39, 0.29) is 10.5 Å². The van der Waals surface area contributed by atoms with E-state index in [0.717, 1.165) is 5.41 Å². The minimum atomic E-state index is -3.41. The van der Waals surface area contributed by atoms with E-state index < -0.39 is 9.84 Å². The number of halogens is 1. The summed E-state index contributed by atoms with van der Waals surface area (Å²) in [6, 6.07) is 4.82. The van der Waals surface area contributed by atoms with Crippen molar-refractivity contribution >= 4 is 37.6 Å². The van der Waals surface area contributed by atoms with Gasteiger partial charge in [-0.05, 0) is 12.1 Å². The zero-order chi connectivity index (χ0) is 10.3. The molecule has 1 aromatic carbocycles. The zero-order valence-electron chi connectivity index (χ0n) is 6.90. The summed E-state index contributed by atoms with van der Waals surface area (Å²) in [5.41, 5.74) is 0.690. The standard InChI is InChI=1S/C9H5BrO3S/c10-7-1-2-8-6(4-11)5-14(12,13)9(8)3-7/h1-5H. The highest BCUT2D eigenvalue weighted by Crippen LogP contribution is 2.33. The second-order valence-corrected chi connectivity index (χ2v) is 5.56. The molecule has 72 valence electrons. The van der Waals surface area contributed by atoms with Gasteiger partial charge in [0.15, 0.2) is 6.29 Å². The van der Waals surface area contributed by atoms with Gasteiger partial charge < -0.3 is 0 Å². The molecule has 0 unspecified atom stereocenters. The molecule has 1 aliphatic rings. The van der Waals surface area contributed by atoms with Crippen LogP contribution in [0.5, 0.6) is 0 Å². The first-order chi connectivity index (χ1) is 6.54. The highest BCUT2D eigenvalue weighted by atomic mass is 79.9. The van der Waals surface area contributed by atoms with Gasteiger partial charge in [-0.3, -0.25) is 4.79 Å². The van der Waals surface area contributed by atoms with Crippen LogP contribution >= 0.6 is 15.9 Å². The number of allylic oxidation sites excluding steroid dienone is 1. The lowest BCUT2D eigenvalue weighted by Crippen LogP contribution is -1.92. The molecule has 1 heterocycles. The number of fused-ring (bicyclic) bond motifs is 1. The molecule has 0 aliphatic carbocycles. The van der Waals surface area contributed by atoms with E-state index in [1.54, 1.807) is 12.1 Å². The van der Waals surface area contributed by atoms with Crippen LogP contribution in [0.2, 0.25) is 0 Å². The Balaban J connectivity index is 2.81. The Morgan fingerprint density at radius 1 is 1.29 bits per heavy atom. The van der Waals surface area contributed by atoms with Crippen molar-refractivity contribution in [1.29, 1.82) is 0 Å². The van der Waals surface area contributed by atoms with Crippen LogP contribution in [-0.4, -0.2) is 14.7 Å². The van der Waals surface area contributed by atoms with Crippen LogP contribution < -0.4 is 0 Å². The first kappa shape index (κ1) is 9.61. The van der Waals surface area contributed by atoms with Gasteiger partial charge in [0, 0.05) is 21.0 Å². The number of benzene rings is 1. The van der Waals surface area contributed by atoms with Crippen LogP contribution in [-0.2, 0) is 14.6 Å². The Morgan fingerprint density at radius 3 is 2.64 bits per heavy atom. The number of hydrogen-bond donors (Lipinski definition) is 0. The Hall–Kier alpha value is -0.940. The van der Waals surface area contributed by atoms with E-state index in [9.17, 15) is 13.2 Å². The molecule has 0 atom stereocenters. The maximum absolute atomic E-state index is 11.5. The molecule has 0 saturated carbocycles. The third-order valence-corrected chi connectivity index (χ3v) is 3.98. The summed E-state index contributed by atoms with van der Waals surface area (Å²) < 4.78 is 23.7. The summed E-state index contributed by atoms with van der Waals surface area (Å²) in [6.45, 7) is 0. The van der Waals surface area contributed by atoms with Crippen molar-refractivity contribution in [2.24, 2.45) is 0 Å². The molecule has 3 nitrogen and oxygen atoms in total. The molecular weight excluding hydrogens is 268 g/mol. The van der Waals surface area contributed by atoms with Gasteiger partial charge in [-0.15, -0.1) is 0 Å². The summed E-state index contributed by atoms with van der Waals surface area (Å²) in [6.07, 6.45) is 0.553. The van der Waals surface area contributed by atoms with Crippen LogP contribution in [0.15, 0.2) is 33.0 Å². The monoisotopic (exact) mass is 272 g/mol. The van der Waals surface area contributed by atoms with Crippen molar-refractivity contribution in [3.8, 4) is 0 Å². The van der Waals surface area contributed by atoms with Gasteiger partial charge in [0.1, 0.15) is 0 Å². The van der Waals surface area contributed by atoms with Gasteiger partial charge in [0.2, 0.25) is 9.84 Å². The van der Waals surface area contributed by atoms with Gasteiger partial charge in [-0.1, -0.05) is 22.0 Å². The van der Waals surface area contributed by atoms with Gasteiger partial charge >= 0.3 is 0 Å². The largest absolute Gasteiger partial charge is 0.298 e. The number of sulfone groups is 1. The SMILES string of the molecule is O=CC1=CS(=O)(=O)c2cc(Br)ccc21. The zero-order valence-corrected chi connectivity index (χ0v) is 9.30. The van der Waals surface area contributed by atoms with Crippen LogP contribution in [0.4, 0.5) is 0 Å². The highest BCUT2D eigenvalue weighted by Gasteiger charge is 2.26. The number of hydrogen-bond acceptors (Lipinski definition) is 3. The second-order valence-electron chi connectivity index (χ2n) is 2.88. The molecule has 0 aromatic heterocycles. The maximum atomic E-state index is 11.5. The van der Waals surface area contributed by atoms with Crippen LogP contribution in [0.25, 0.3) is 5.57 Å². The topological polar surface area (TPSA) is 51.2 Å². The van der Waals surface area contributed by atoms with Crippen molar-refractivity contribution in [3.05, 3.63) is 33.6 Å². The van der Waals surface area contributed by atoms with Crippen LogP contribution in [0.1, 0.15) is 5.56 Å². The molecule has 1 aromatic rings. The maximum Gasteiger partial charge on any atom is 0.201 e. The number of carbonyl (C=O) groups is 1. The van der Waals surface area contributed by atoms with E-state index in [1.165, 1.54) is 6.07 Å². The number of rotatable bonds is 1. The molecule has 1 aliphatic heterocycles. The third kappa shape index (κ3) is 1.33. The van der Waals surface area contributed by atoms with Crippen molar-refractivity contribution < 1.29 is 13.2 Å². The van der Waals surface area contributed by atoms with Gasteiger partial charge in [0.05, 0.1) is 4.90 Å². The predicted molar refractivity (Wildman–Crippen MR) is 55.4 cm³/mol. The van der Waals surface area contributed by atoms with E-state index >= 15 is 0 Å². The summed E-state index contributed by atoms with van der Waals surface area (Å²) >= 11 is 3.18. The molecule has 0 radical (unpaired) electrons. The van der Waals surface area contributed by atoms with Gasteiger partial charge in [0.25, 0.3) is 0 Å². The average Bonchev–Trinajstić information content (AvgIpc) is 2.38. The summed E-state index contributed by atoms with van der Waals surface area (Å²) in [5.74, 6) is 0. The smallest absolute Gasteiger partial charge is 0.201 e. The van der Waals surface area contributed by atoms with Gasteiger partial charge in [-0.25, -0.2) is 8.42 Å². The minimum Gasteiger partial charge on any atom is -0.298 e. The molecule has 0 fully saturated rings. The molecule has 0 saturated heterocycles. The summed E-state index contributed by atoms with van der Waals surface area (Å²) in [4.78, 5) is 10.8. The number of aldehydes is 1. The summed E-state index contributed by atoms with van der Waals surface area (Å²) in [5, 5.41) is 0.997. The predicted octanol–water partition coefficient (Wildman–Crippen LogP) is 1.78. The molecule has 0 N–H and O–H groups in total. The number of carbonyl (C=O) groups excluding carboxylic acids is 1. The molecule has 5 heteroatoms. The molecule has 0 spiro atoms. The van der Waals surface area contributed by atoms with E-state index in [4.69, 9.17) is 0 Å². The van der Waals surface area contributed by atoms with Gasteiger partial charge in [-0.2, -0.15) is 0 Å². The van der Waals surface area contributed by atoms with Crippen molar-refractivity contribution in [2.75, 3.05) is 0 Å². The van der Waals surface area contributed by atoms with E-state index in [2.05, 4.69) is 15.9 Å². The lowest BCUT2D eigenvalue weighted by molar-refractivity contribution is -0.103. The average molecular weight is 273 g/mol. The lowest BCUT2D eigenvalue weighted by atomic mass is 10.1. The van der Waals surface area contributed by atoms with Crippen molar-refractivity contribution in [2.45, 2.75) is 4.90 Å². The second kappa shape index (κ2) is 3.03. The Morgan fingerprint density at radius 2 is 2.00 bits per heavy atom.